The summed E-state index contributed by atoms with van der Waals surface area (Å²) in [6, 6.07) is 0. The zero-order chi connectivity index (χ0) is 32.5. The predicted octanol–water partition coefficient (Wildman–Crippen LogP) is 12.4. The highest BCUT2D eigenvalue weighted by Gasteiger charge is 2.34. The molecule has 0 spiro atoms. The first-order valence-corrected chi connectivity index (χ1v) is 20.1. The van der Waals surface area contributed by atoms with Gasteiger partial charge in [0.15, 0.2) is 12.2 Å². The largest absolute Gasteiger partial charge is 0.456 e. The first-order valence-electron chi connectivity index (χ1n) is 20.1. The van der Waals surface area contributed by atoms with Crippen LogP contribution < -0.4 is 0 Å². The monoisotopic (exact) mass is 637 g/mol. The molecule has 0 bridgehead atoms. The lowest BCUT2D eigenvalue weighted by Crippen LogP contribution is -2.33. The van der Waals surface area contributed by atoms with Gasteiger partial charge < -0.3 is 14.2 Å². The van der Waals surface area contributed by atoms with Crippen molar-refractivity contribution in [2.45, 2.75) is 232 Å². The summed E-state index contributed by atoms with van der Waals surface area (Å²) in [6.07, 6.45) is 39.2. The Bertz CT molecular complexity index is 597. The summed E-state index contributed by atoms with van der Waals surface area (Å²) < 4.78 is 16.7. The Hall–Kier alpha value is -1.10. The van der Waals surface area contributed by atoms with E-state index in [-0.39, 0.29) is 11.9 Å². The number of esters is 2. The molecule has 1 aliphatic heterocycles. The van der Waals surface area contributed by atoms with Crippen molar-refractivity contribution in [3.8, 4) is 0 Å². The Labute approximate surface area is 280 Å². The normalized spacial score (nSPS) is 16.3. The Kier molecular flexibility index (Phi) is 30.6. The molecule has 0 amide bonds. The van der Waals surface area contributed by atoms with Crippen molar-refractivity contribution in [3.63, 3.8) is 0 Å². The van der Waals surface area contributed by atoms with Crippen molar-refractivity contribution in [3.05, 3.63) is 0 Å². The first kappa shape index (κ1) is 41.9. The lowest BCUT2D eigenvalue weighted by molar-refractivity contribution is -0.164. The summed E-state index contributed by atoms with van der Waals surface area (Å²) in [4.78, 5) is 24.7. The first-order chi connectivity index (χ1) is 22.2. The SMILES string of the molecule is CCCCCCCCCCCCCCCCCC(=O)O[C@H]1COC[C@@H]1OC(=O)CCCCCCCCCCCCCCCCC. The minimum atomic E-state index is -0.459. The number of ether oxygens (including phenoxy) is 3. The van der Waals surface area contributed by atoms with Gasteiger partial charge in [-0.1, -0.05) is 194 Å². The third kappa shape index (κ3) is 27.7. The molecule has 5 heteroatoms. The van der Waals surface area contributed by atoms with Crippen LogP contribution >= 0.6 is 0 Å². The number of carbonyl (C=O) groups excluding carboxylic acids is 2. The molecule has 2 atom stereocenters. The van der Waals surface area contributed by atoms with E-state index < -0.39 is 12.2 Å². The van der Waals surface area contributed by atoms with E-state index in [2.05, 4.69) is 13.8 Å². The van der Waals surface area contributed by atoms with E-state index in [1.54, 1.807) is 0 Å². The lowest BCUT2D eigenvalue weighted by Gasteiger charge is -2.18. The molecular weight excluding hydrogens is 560 g/mol. The van der Waals surface area contributed by atoms with Crippen molar-refractivity contribution in [1.82, 2.24) is 0 Å². The zero-order valence-electron chi connectivity index (χ0n) is 30.2. The molecule has 5 nitrogen and oxygen atoms in total. The van der Waals surface area contributed by atoms with Crippen LogP contribution in [0.1, 0.15) is 219 Å². The van der Waals surface area contributed by atoms with Gasteiger partial charge in [0.2, 0.25) is 0 Å². The average Bonchev–Trinajstić information content (AvgIpc) is 3.46. The Balaban J connectivity index is 1.90. The smallest absolute Gasteiger partial charge is 0.306 e. The van der Waals surface area contributed by atoms with Crippen LogP contribution in [0.5, 0.6) is 0 Å². The number of hydrogen-bond acceptors (Lipinski definition) is 5. The Morgan fingerprint density at radius 3 is 0.867 bits per heavy atom. The van der Waals surface area contributed by atoms with Crippen LogP contribution in [0, 0.1) is 0 Å². The lowest BCUT2D eigenvalue weighted by atomic mass is 10.0. The minimum absolute atomic E-state index is 0.191. The molecule has 45 heavy (non-hydrogen) atoms. The van der Waals surface area contributed by atoms with Crippen LogP contribution in [0.4, 0.5) is 0 Å². The van der Waals surface area contributed by atoms with Gasteiger partial charge in [-0.3, -0.25) is 9.59 Å². The van der Waals surface area contributed by atoms with Gasteiger partial charge >= 0.3 is 11.9 Å². The standard InChI is InChI=1S/C40H76O5/c1-3-5-7-9-11-13-15-17-19-21-23-25-27-29-31-33-39(41)44-37-35-43-36-38(37)45-40(42)34-32-30-28-26-24-22-20-18-16-14-12-10-8-6-4-2/h37-38H,3-36H2,1-2H3/t37-,38-/m0/s1. The van der Waals surface area contributed by atoms with Crippen molar-refractivity contribution < 1.29 is 23.8 Å². The zero-order valence-corrected chi connectivity index (χ0v) is 30.2. The van der Waals surface area contributed by atoms with Crippen molar-refractivity contribution in [1.29, 1.82) is 0 Å². The minimum Gasteiger partial charge on any atom is -0.456 e. The van der Waals surface area contributed by atoms with E-state index in [1.165, 1.54) is 167 Å². The van der Waals surface area contributed by atoms with Crippen molar-refractivity contribution in [2.75, 3.05) is 13.2 Å². The Morgan fingerprint density at radius 1 is 0.400 bits per heavy atom. The quantitative estimate of drug-likeness (QED) is 0.0519. The summed E-state index contributed by atoms with van der Waals surface area (Å²) in [5.41, 5.74) is 0. The summed E-state index contributed by atoms with van der Waals surface area (Å²) in [6.45, 7) is 5.20. The molecule has 0 radical (unpaired) electrons. The molecule has 1 aliphatic rings. The summed E-state index contributed by atoms with van der Waals surface area (Å²) in [7, 11) is 0. The van der Waals surface area contributed by atoms with E-state index in [4.69, 9.17) is 14.2 Å². The van der Waals surface area contributed by atoms with E-state index in [1.807, 2.05) is 0 Å². The number of hydrogen-bond donors (Lipinski definition) is 0. The van der Waals surface area contributed by atoms with E-state index >= 15 is 0 Å². The molecule has 0 aromatic rings. The maximum absolute atomic E-state index is 12.4. The van der Waals surface area contributed by atoms with Crippen LogP contribution in [0.15, 0.2) is 0 Å². The molecular formula is C40H76O5. The summed E-state index contributed by atoms with van der Waals surface area (Å²) >= 11 is 0. The molecule has 0 aromatic heterocycles. The fraction of sp³-hybridized carbons (Fsp3) is 0.950. The molecule has 0 saturated carbocycles. The fourth-order valence-electron chi connectivity index (χ4n) is 6.47. The molecule has 0 N–H and O–H groups in total. The second-order valence-electron chi connectivity index (χ2n) is 14.0. The topological polar surface area (TPSA) is 61.8 Å². The highest BCUT2D eigenvalue weighted by molar-refractivity contribution is 5.70. The third-order valence-corrected chi connectivity index (χ3v) is 9.51. The van der Waals surface area contributed by atoms with Crippen LogP contribution in [-0.2, 0) is 23.8 Å². The molecule has 0 unspecified atom stereocenters. The van der Waals surface area contributed by atoms with Crippen LogP contribution in [0.3, 0.4) is 0 Å². The van der Waals surface area contributed by atoms with Gasteiger partial charge in [-0.2, -0.15) is 0 Å². The molecule has 266 valence electrons. The van der Waals surface area contributed by atoms with Gasteiger partial charge in [0.05, 0.1) is 13.2 Å². The Morgan fingerprint density at radius 2 is 0.622 bits per heavy atom. The van der Waals surface area contributed by atoms with Gasteiger partial charge in [0.25, 0.3) is 0 Å². The van der Waals surface area contributed by atoms with Crippen molar-refractivity contribution >= 4 is 11.9 Å². The van der Waals surface area contributed by atoms with Gasteiger partial charge in [-0.05, 0) is 12.8 Å². The van der Waals surface area contributed by atoms with Crippen LogP contribution in [0.25, 0.3) is 0 Å². The van der Waals surface area contributed by atoms with Crippen LogP contribution in [-0.4, -0.2) is 37.4 Å². The van der Waals surface area contributed by atoms with Gasteiger partial charge in [-0.25, -0.2) is 0 Å². The van der Waals surface area contributed by atoms with Gasteiger partial charge in [0, 0.05) is 12.8 Å². The van der Waals surface area contributed by atoms with Crippen molar-refractivity contribution in [2.24, 2.45) is 0 Å². The highest BCUT2D eigenvalue weighted by atomic mass is 16.6. The van der Waals surface area contributed by atoms with E-state index in [9.17, 15) is 9.59 Å². The molecule has 1 fully saturated rings. The fourth-order valence-corrected chi connectivity index (χ4v) is 6.47. The summed E-state index contributed by atoms with van der Waals surface area (Å²) in [5.74, 6) is -0.382. The van der Waals surface area contributed by atoms with E-state index in [0.29, 0.717) is 26.1 Å². The second-order valence-corrected chi connectivity index (χ2v) is 14.0. The molecule has 1 heterocycles. The van der Waals surface area contributed by atoms with Gasteiger partial charge in [0.1, 0.15) is 0 Å². The van der Waals surface area contributed by atoms with Crippen LogP contribution in [0.2, 0.25) is 0 Å². The summed E-state index contributed by atoms with van der Waals surface area (Å²) in [5, 5.41) is 0. The molecule has 0 aliphatic carbocycles. The number of carbonyl (C=O) groups is 2. The number of unbranched alkanes of at least 4 members (excludes halogenated alkanes) is 28. The maximum atomic E-state index is 12.4. The predicted molar refractivity (Wildman–Crippen MR) is 190 cm³/mol. The van der Waals surface area contributed by atoms with E-state index in [0.717, 1.165) is 25.7 Å². The number of rotatable bonds is 34. The third-order valence-electron chi connectivity index (χ3n) is 9.51. The molecule has 0 aromatic carbocycles. The average molecular weight is 637 g/mol. The highest BCUT2D eigenvalue weighted by Crippen LogP contribution is 2.19. The second kappa shape index (κ2) is 32.8. The van der Waals surface area contributed by atoms with Gasteiger partial charge in [-0.15, -0.1) is 0 Å². The molecule has 1 saturated heterocycles. The molecule has 1 rings (SSSR count). The maximum Gasteiger partial charge on any atom is 0.306 e.